The number of carbonyl (C=O) groups excluding carboxylic acids is 1. The van der Waals surface area contributed by atoms with Crippen LogP contribution in [0.4, 0.5) is 0 Å². The second-order valence-corrected chi connectivity index (χ2v) is 7.20. The van der Waals surface area contributed by atoms with Crippen molar-refractivity contribution in [2.24, 2.45) is 4.99 Å². The summed E-state index contributed by atoms with van der Waals surface area (Å²) in [7, 11) is 3.49. The Hall–Kier alpha value is -3.08. The van der Waals surface area contributed by atoms with Crippen LogP contribution in [0.25, 0.3) is 6.08 Å². The first-order valence-electron chi connectivity index (χ1n) is 10.2. The van der Waals surface area contributed by atoms with Crippen LogP contribution >= 0.6 is 0 Å². The van der Waals surface area contributed by atoms with Crippen molar-refractivity contribution in [3.05, 3.63) is 76.9 Å². The van der Waals surface area contributed by atoms with E-state index in [0.29, 0.717) is 5.56 Å². The first-order chi connectivity index (χ1) is 14.2. The van der Waals surface area contributed by atoms with Gasteiger partial charge in [0.05, 0.1) is 0 Å². The average Bonchev–Trinajstić information content (AvgIpc) is 2.78. The first kappa shape index (κ1) is 20.6. The van der Waals surface area contributed by atoms with Crippen molar-refractivity contribution >= 4 is 17.9 Å². The Morgan fingerprint density at radius 2 is 1.86 bits per heavy atom. The lowest BCUT2D eigenvalue weighted by atomic mass is 10.0. The Kier molecular flexibility index (Phi) is 7.45. The van der Waals surface area contributed by atoms with Crippen LogP contribution in [0, 0.1) is 0 Å². The minimum atomic E-state index is -0.0525. The Bertz CT molecular complexity index is 863. The average molecular weight is 391 g/mol. The zero-order valence-electron chi connectivity index (χ0n) is 17.3. The second-order valence-electron chi connectivity index (χ2n) is 7.20. The molecule has 3 rings (SSSR count). The third-order valence-corrected chi connectivity index (χ3v) is 5.20. The zero-order valence-corrected chi connectivity index (χ0v) is 17.3. The van der Waals surface area contributed by atoms with Gasteiger partial charge in [0.1, 0.15) is 0 Å². The summed E-state index contributed by atoms with van der Waals surface area (Å²) in [5.74, 6) is 0.898. The van der Waals surface area contributed by atoms with Gasteiger partial charge in [0.2, 0.25) is 0 Å². The molecule has 0 bridgehead atoms. The number of aliphatic imine (C=N–C) groups is 1. The molecule has 0 radical (unpaired) electrons. The van der Waals surface area contributed by atoms with E-state index in [2.05, 4.69) is 63.0 Å². The van der Waals surface area contributed by atoms with Gasteiger partial charge >= 0.3 is 0 Å². The fourth-order valence-electron chi connectivity index (χ4n) is 3.60. The van der Waals surface area contributed by atoms with Crippen molar-refractivity contribution < 1.29 is 4.79 Å². The zero-order chi connectivity index (χ0) is 20.5. The molecule has 1 aliphatic rings. The fourth-order valence-corrected chi connectivity index (χ4v) is 3.60. The van der Waals surface area contributed by atoms with Crippen LogP contribution in [0.5, 0.6) is 0 Å². The van der Waals surface area contributed by atoms with Crippen molar-refractivity contribution in [1.82, 2.24) is 15.5 Å². The molecule has 2 N–H and O–H groups in total. The SMILES string of the molecule is CN=C(NCCc1cccc(C(=O)NC)c1)N1CCC(=Cc2ccccc2)CC1. The molecular formula is C24H30N4O. The molecule has 0 aromatic heterocycles. The number of piperidine rings is 1. The van der Waals surface area contributed by atoms with Gasteiger partial charge in [-0.3, -0.25) is 9.79 Å². The van der Waals surface area contributed by atoms with Gasteiger partial charge in [-0.05, 0) is 42.5 Å². The van der Waals surface area contributed by atoms with Crippen LogP contribution in [0.2, 0.25) is 0 Å². The van der Waals surface area contributed by atoms with Crippen LogP contribution in [0.15, 0.2) is 65.2 Å². The maximum atomic E-state index is 11.8. The Labute approximate surface area is 173 Å². The second kappa shape index (κ2) is 10.5. The molecule has 5 nitrogen and oxygen atoms in total. The van der Waals surface area contributed by atoms with E-state index in [0.717, 1.165) is 50.4 Å². The summed E-state index contributed by atoms with van der Waals surface area (Å²) >= 11 is 0. The molecule has 5 heteroatoms. The minimum absolute atomic E-state index is 0.0525. The van der Waals surface area contributed by atoms with Gasteiger partial charge in [-0.1, -0.05) is 54.1 Å². The van der Waals surface area contributed by atoms with Gasteiger partial charge in [0, 0.05) is 39.3 Å². The fraction of sp³-hybridized carbons (Fsp3) is 0.333. The third kappa shape index (κ3) is 5.95. The van der Waals surface area contributed by atoms with E-state index in [4.69, 9.17) is 0 Å². The quantitative estimate of drug-likeness (QED) is 0.608. The summed E-state index contributed by atoms with van der Waals surface area (Å²) in [4.78, 5) is 18.6. The van der Waals surface area contributed by atoms with E-state index in [1.54, 1.807) is 7.05 Å². The normalized spacial score (nSPS) is 14.5. The monoisotopic (exact) mass is 390 g/mol. The highest BCUT2D eigenvalue weighted by Crippen LogP contribution is 2.19. The van der Waals surface area contributed by atoms with Crippen LogP contribution in [0.1, 0.15) is 34.3 Å². The summed E-state index contributed by atoms with van der Waals surface area (Å²) in [6.07, 6.45) is 5.28. The summed E-state index contributed by atoms with van der Waals surface area (Å²) in [5, 5.41) is 6.14. The van der Waals surface area contributed by atoms with E-state index >= 15 is 0 Å². The topological polar surface area (TPSA) is 56.7 Å². The van der Waals surface area contributed by atoms with Crippen LogP contribution < -0.4 is 10.6 Å². The Morgan fingerprint density at radius 3 is 2.55 bits per heavy atom. The predicted molar refractivity (Wildman–Crippen MR) is 120 cm³/mol. The minimum Gasteiger partial charge on any atom is -0.356 e. The predicted octanol–water partition coefficient (Wildman–Crippen LogP) is 3.34. The number of guanidine groups is 1. The number of rotatable bonds is 5. The molecule has 0 saturated carbocycles. The molecule has 1 fully saturated rings. The van der Waals surface area contributed by atoms with Gasteiger partial charge < -0.3 is 15.5 Å². The van der Waals surface area contributed by atoms with Crippen LogP contribution in [0.3, 0.4) is 0 Å². The molecule has 1 saturated heterocycles. The van der Waals surface area contributed by atoms with Crippen molar-refractivity contribution in [2.45, 2.75) is 19.3 Å². The lowest BCUT2D eigenvalue weighted by molar-refractivity contribution is 0.0963. The standard InChI is InChI=1S/C24H30N4O/c1-25-23(29)22-10-6-9-20(18-22)11-14-27-24(26-2)28-15-12-21(13-16-28)17-19-7-4-3-5-8-19/h3-10,17-18H,11-16H2,1-2H3,(H,25,29)(H,26,27). The number of benzene rings is 2. The maximum absolute atomic E-state index is 11.8. The van der Waals surface area contributed by atoms with E-state index in [9.17, 15) is 4.79 Å². The van der Waals surface area contributed by atoms with Gasteiger partial charge in [0.25, 0.3) is 5.91 Å². The number of nitrogens with one attached hydrogen (secondary N) is 2. The number of likely N-dealkylation sites (tertiary alicyclic amines) is 1. The van der Waals surface area contributed by atoms with Gasteiger partial charge in [0.15, 0.2) is 5.96 Å². The highest BCUT2D eigenvalue weighted by Gasteiger charge is 2.17. The van der Waals surface area contributed by atoms with Crippen LogP contribution in [-0.2, 0) is 6.42 Å². The van der Waals surface area contributed by atoms with Crippen LogP contribution in [-0.4, -0.2) is 50.5 Å². The third-order valence-electron chi connectivity index (χ3n) is 5.20. The molecule has 1 amide bonds. The Morgan fingerprint density at radius 1 is 1.10 bits per heavy atom. The van der Waals surface area contributed by atoms with Crippen molar-refractivity contribution in [2.75, 3.05) is 33.7 Å². The lowest BCUT2D eigenvalue weighted by Crippen LogP contribution is -2.45. The molecule has 2 aromatic carbocycles. The number of hydrogen-bond donors (Lipinski definition) is 2. The van der Waals surface area contributed by atoms with Crippen molar-refractivity contribution in [1.29, 1.82) is 0 Å². The molecule has 29 heavy (non-hydrogen) atoms. The number of nitrogens with zero attached hydrogens (tertiary/aromatic N) is 2. The van der Waals surface area contributed by atoms with Crippen molar-refractivity contribution in [3.8, 4) is 0 Å². The number of carbonyl (C=O) groups is 1. The molecular weight excluding hydrogens is 360 g/mol. The van der Waals surface area contributed by atoms with E-state index in [-0.39, 0.29) is 5.91 Å². The van der Waals surface area contributed by atoms with E-state index in [1.165, 1.54) is 11.1 Å². The van der Waals surface area contributed by atoms with E-state index in [1.807, 2.05) is 25.2 Å². The number of hydrogen-bond acceptors (Lipinski definition) is 2. The molecule has 0 unspecified atom stereocenters. The molecule has 1 aliphatic heterocycles. The summed E-state index contributed by atoms with van der Waals surface area (Å²) in [6, 6.07) is 18.3. The van der Waals surface area contributed by atoms with Gasteiger partial charge in [-0.25, -0.2) is 0 Å². The van der Waals surface area contributed by atoms with Gasteiger partial charge in [-0.2, -0.15) is 0 Å². The summed E-state index contributed by atoms with van der Waals surface area (Å²) < 4.78 is 0. The molecule has 1 heterocycles. The highest BCUT2D eigenvalue weighted by atomic mass is 16.1. The summed E-state index contributed by atoms with van der Waals surface area (Å²) in [6.45, 7) is 2.74. The Balaban J connectivity index is 1.49. The van der Waals surface area contributed by atoms with Crippen molar-refractivity contribution in [3.63, 3.8) is 0 Å². The summed E-state index contributed by atoms with van der Waals surface area (Å²) in [5.41, 5.74) is 4.61. The molecule has 2 aromatic rings. The largest absolute Gasteiger partial charge is 0.356 e. The molecule has 0 atom stereocenters. The lowest BCUT2D eigenvalue weighted by Gasteiger charge is -2.31. The molecule has 0 aliphatic carbocycles. The molecule has 0 spiro atoms. The van der Waals surface area contributed by atoms with Gasteiger partial charge in [-0.15, -0.1) is 0 Å². The maximum Gasteiger partial charge on any atom is 0.251 e. The first-order valence-corrected chi connectivity index (χ1v) is 10.2. The number of amides is 1. The highest BCUT2D eigenvalue weighted by molar-refractivity contribution is 5.94. The van der Waals surface area contributed by atoms with E-state index < -0.39 is 0 Å². The smallest absolute Gasteiger partial charge is 0.251 e. The molecule has 152 valence electrons.